The highest BCUT2D eigenvalue weighted by atomic mass is 16.2. The van der Waals surface area contributed by atoms with Crippen LogP contribution in [0.4, 0.5) is 0 Å². The minimum Gasteiger partial charge on any atom is -0.351 e. The number of benzene rings is 1. The molecule has 7 nitrogen and oxygen atoms in total. The third-order valence-corrected chi connectivity index (χ3v) is 3.92. The molecule has 0 aliphatic carbocycles. The Labute approximate surface area is 149 Å². The Bertz CT molecular complexity index is 1070. The Morgan fingerprint density at radius 1 is 1.12 bits per heavy atom. The Balaban J connectivity index is 2.13. The van der Waals surface area contributed by atoms with Gasteiger partial charge in [-0.05, 0) is 17.7 Å². The van der Waals surface area contributed by atoms with Gasteiger partial charge in [-0.25, -0.2) is 9.78 Å². The van der Waals surface area contributed by atoms with Gasteiger partial charge in [-0.15, -0.1) is 6.58 Å². The molecule has 0 spiro atoms. The molecule has 0 saturated heterocycles. The van der Waals surface area contributed by atoms with Gasteiger partial charge in [0.05, 0.1) is 12.1 Å². The zero-order chi connectivity index (χ0) is 18.5. The van der Waals surface area contributed by atoms with E-state index >= 15 is 0 Å². The van der Waals surface area contributed by atoms with E-state index in [-0.39, 0.29) is 24.5 Å². The molecule has 1 aromatic carbocycles. The van der Waals surface area contributed by atoms with Gasteiger partial charge >= 0.3 is 5.69 Å². The summed E-state index contributed by atoms with van der Waals surface area (Å²) >= 11 is 0. The van der Waals surface area contributed by atoms with Crippen molar-refractivity contribution >= 4 is 16.9 Å². The molecule has 0 radical (unpaired) electrons. The molecule has 0 unspecified atom stereocenters. The van der Waals surface area contributed by atoms with E-state index in [1.165, 1.54) is 10.8 Å². The molecule has 3 aromatic rings. The molecule has 132 valence electrons. The van der Waals surface area contributed by atoms with Crippen molar-refractivity contribution in [2.45, 2.75) is 13.1 Å². The molecule has 0 bridgehead atoms. The normalized spacial score (nSPS) is 10.6. The summed E-state index contributed by atoms with van der Waals surface area (Å²) < 4.78 is 2.37. The molecule has 1 N–H and O–H groups in total. The van der Waals surface area contributed by atoms with Crippen LogP contribution in [0.15, 0.2) is 70.9 Å². The standard InChI is InChI=1S/C19H18N4O3/c1-2-10-20-16(24)13-22-15-9-6-11-21-17(15)18(25)23(19(22)26)12-14-7-4-3-5-8-14/h2-9,11H,1,10,12-13H2,(H,20,24). The van der Waals surface area contributed by atoms with E-state index in [0.717, 1.165) is 10.1 Å². The van der Waals surface area contributed by atoms with Gasteiger partial charge in [0.25, 0.3) is 5.56 Å². The molecule has 7 heteroatoms. The third kappa shape index (κ3) is 3.46. The van der Waals surface area contributed by atoms with Crippen molar-refractivity contribution in [2.24, 2.45) is 0 Å². The molecule has 0 saturated carbocycles. The number of nitrogens with zero attached hydrogens (tertiary/aromatic N) is 3. The smallest absolute Gasteiger partial charge is 0.332 e. The monoisotopic (exact) mass is 350 g/mol. The Morgan fingerprint density at radius 3 is 2.62 bits per heavy atom. The van der Waals surface area contributed by atoms with Crippen molar-refractivity contribution in [2.75, 3.05) is 6.54 Å². The summed E-state index contributed by atoms with van der Waals surface area (Å²) in [6.45, 7) is 3.75. The highest BCUT2D eigenvalue weighted by molar-refractivity contribution is 5.79. The van der Waals surface area contributed by atoms with Gasteiger partial charge in [-0.2, -0.15) is 0 Å². The van der Waals surface area contributed by atoms with Crippen molar-refractivity contribution in [1.82, 2.24) is 19.4 Å². The van der Waals surface area contributed by atoms with Gasteiger partial charge in [0.15, 0.2) is 5.52 Å². The second kappa shape index (κ2) is 7.60. The van der Waals surface area contributed by atoms with E-state index in [9.17, 15) is 14.4 Å². The average molecular weight is 350 g/mol. The summed E-state index contributed by atoms with van der Waals surface area (Å²) in [5.74, 6) is -0.345. The fourth-order valence-corrected chi connectivity index (χ4v) is 2.69. The summed E-state index contributed by atoms with van der Waals surface area (Å²) in [5, 5.41) is 2.63. The maximum atomic E-state index is 12.9. The number of hydrogen-bond acceptors (Lipinski definition) is 4. The van der Waals surface area contributed by atoms with Crippen LogP contribution in [0.2, 0.25) is 0 Å². The van der Waals surface area contributed by atoms with Crippen molar-refractivity contribution in [1.29, 1.82) is 0 Å². The SMILES string of the molecule is C=CCNC(=O)Cn1c(=O)n(Cc2ccccc2)c(=O)c2ncccc21. The lowest BCUT2D eigenvalue weighted by atomic mass is 10.2. The van der Waals surface area contributed by atoms with Gasteiger partial charge in [-0.3, -0.25) is 18.7 Å². The molecular formula is C19H18N4O3. The number of pyridine rings is 1. The molecule has 2 aromatic heterocycles. The molecular weight excluding hydrogens is 332 g/mol. The molecule has 3 rings (SSSR count). The highest BCUT2D eigenvalue weighted by Crippen LogP contribution is 2.06. The van der Waals surface area contributed by atoms with Crippen LogP contribution < -0.4 is 16.6 Å². The Hall–Kier alpha value is -3.48. The summed E-state index contributed by atoms with van der Waals surface area (Å²) in [7, 11) is 0. The Morgan fingerprint density at radius 2 is 1.88 bits per heavy atom. The van der Waals surface area contributed by atoms with E-state index < -0.39 is 11.2 Å². The predicted octanol–water partition coefficient (Wildman–Crippen LogP) is 0.909. The zero-order valence-electron chi connectivity index (χ0n) is 14.1. The molecule has 0 atom stereocenters. The number of hydrogen-bond donors (Lipinski definition) is 1. The fraction of sp³-hybridized carbons (Fsp3) is 0.158. The first-order valence-electron chi connectivity index (χ1n) is 8.11. The maximum Gasteiger partial charge on any atom is 0.332 e. The molecule has 2 heterocycles. The van der Waals surface area contributed by atoms with Gasteiger partial charge in [0.1, 0.15) is 6.54 Å². The second-order valence-electron chi connectivity index (χ2n) is 5.71. The van der Waals surface area contributed by atoms with Crippen molar-refractivity contribution < 1.29 is 4.79 Å². The summed E-state index contributed by atoms with van der Waals surface area (Å²) in [6.07, 6.45) is 3.04. The molecule has 0 aliphatic heterocycles. The molecule has 0 fully saturated rings. The first-order chi connectivity index (χ1) is 12.6. The number of aromatic nitrogens is 3. The van der Waals surface area contributed by atoms with E-state index in [4.69, 9.17) is 0 Å². The lowest BCUT2D eigenvalue weighted by Gasteiger charge is -2.13. The fourth-order valence-electron chi connectivity index (χ4n) is 2.69. The van der Waals surface area contributed by atoms with E-state index in [1.54, 1.807) is 18.2 Å². The largest absolute Gasteiger partial charge is 0.351 e. The van der Waals surface area contributed by atoms with Gasteiger partial charge < -0.3 is 5.32 Å². The van der Waals surface area contributed by atoms with Crippen LogP contribution in [0.5, 0.6) is 0 Å². The Kier molecular flexibility index (Phi) is 5.07. The number of carbonyl (C=O) groups excluding carboxylic acids is 1. The van der Waals surface area contributed by atoms with E-state index in [2.05, 4.69) is 16.9 Å². The van der Waals surface area contributed by atoms with Crippen molar-refractivity contribution in [3.63, 3.8) is 0 Å². The van der Waals surface area contributed by atoms with E-state index in [1.807, 2.05) is 30.3 Å². The number of fused-ring (bicyclic) bond motifs is 1. The van der Waals surface area contributed by atoms with Crippen LogP contribution in [0, 0.1) is 0 Å². The topological polar surface area (TPSA) is 86.0 Å². The lowest BCUT2D eigenvalue weighted by Crippen LogP contribution is -2.43. The van der Waals surface area contributed by atoms with E-state index in [0.29, 0.717) is 12.1 Å². The summed E-state index contributed by atoms with van der Waals surface area (Å²) in [5.41, 5.74) is 0.273. The van der Waals surface area contributed by atoms with Gasteiger partial charge in [0.2, 0.25) is 5.91 Å². The summed E-state index contributed by atoms with van der Waals surface area (Å²) in [6, 6.07) is 12.4. The minimum absolute atomic E-state index is 0.110. The van der Waals surface area contributed by atoms with Crippen LogP contribution >= 0.6 is 0 Å². The van der Waals surface area contributed by atoms with Gasteiger partial charge in [0, 0.05) is 12.7 Å². The average Bonchev–Trinajstić information content (AvgIpc) is 2.67. The summed E-state index contributed by atoms with van der Waals surface area (Å²) in [4.78, 5) is 41.9. The van der Waals surface area contributed by atoms with Crippen LogP contribution in [-0.4, -0.2) is 26.6 Å². The minimum atomic E-state index is -0.548. The molecule has 0 aliphatic rings. The number of amides is 1. The van der Waals surface area contributed by atoms with Crippen molar-refractivity contribution in [3.05, 3.63) is 87.7 Å². The third-order valence-electron chi connectivity index (χ3n) is 3.92. The maximum absolute atomic E-state index is 12.9. The number of carbonyl (C=O) groups is 1. The molecule has 1 amide bonds. The van der Waals surface area contributed by atoms with Crippen LogP contribution in [0.25, 0.3) is 11.0 Å². The second-order valence-corrected chi connectivity index (χ2v) is 5.71. The van der Waals surface area contributed by atoms with Crippen molar-refractivity contribution in [3.8, 4) is 0 Å². The number of nitrogens with one attached hydrogen (secondary N) is 1. The first kappa shape index (κ1) is 17.3. The highest BCUT2D eigenvalue weighted by Gasteiger charge is 2.16. The van der Waals surface area contributed by atoms with Gasteiger partial charge in [-0.1, -0.05) is 36.4 Å². The predicted molar refractivity (Wildman–Crippen MR) is 99.0 cm³/mol. The quantitative estimate of drug-likeness (QED) is 0.670. The zero-order valence-corrected chi connectivity index (χ0v) is 14.1. The van der Waals surface area contributed by atoms with Crippen LogP contribution in [0.1, 0.15) is 5.56 Å². The first-order valence-corrected chi connectivity index (χ1v) is 8.11. The lowest BCUT2D eigenvalue weighted by molar-refractivity contribution is -0.121. The van der Waals surface area contributed by atoms with Crippen LogP contribution in [-0.2, 0) is 17.9 Å². The number of rotatable bonds is 6. The van der Waals surface area contributed by atoms with Crippen LogP contribution in [0.3, 0.4) is 0 Å². The molecule has 26 heavy (non-hydrogen) atoms.